The van der Waals surface area contributed by atoms with Crippen LogP contribution in [0.2, 0.25) is 0 Å². The van der Waals surface area contributed by atoms with Crippen molar-refractivity contribution >= 4 is 33.7 Å². The van der Waals surface area contributed by atoms with Crippen molar-refractivity contribution in [1.29, 1.82) is 0 Å². The van der Waals surface area contributed by atoms with E-state index in [0.29, 0.717) is 6.42 Å². The topological polar surface area (TPSA) is 105 Å². The summed E-state index contributed by atoms with van der Waals surface area (Å²) in [5.41, 5.74) is 1.63. The van der Waals surface area contributed by atoms with E-state index in [0.717, 1.165) is 11.1 Å². The Labute approximate surface area is 196 Å². The highest BCUT2D eigenvalue weighted by Gasteiger charge is 2.27. The second-order valence-corrected chi connectivity index (χ2v) is 8.48. The van der Waals surface area contributed by atoms with Gasteiger partial charge in [-0.3, -0.25) is 9.59 Å². The molecule has 2 aromatic rings. The zero-order chi connectivity index (χ0) is 23.5. The zero-order valence-corrected chi connectivity index (χ0v) is 19.8. The molecular weight excluding hydrogens is 476 g/mol. The predicted molar refractivity (Wildman–Crippen MR) is 126 cm³/mol. The van der Waals surface area contributed by atoms with E-state index in [-0.39, 0.29) is 35.8 Å². The van der Waals surface area contributed by atoms with Crippen molar-refractivity contribution < 1.29 is 24.2 Å². The molecule has 3 N–H and O–H groups in total. The van der Waals surface area contributed by atoms with Gasteiger partial charge in [0, 0.05) is 0 Å². The van der Waals surface area contributed by atoms with E-state index in [1.54, 1.807) is 12.1 Å². The summed E-state index contributed by atoms with van der Waals surface area (Å²) in [6, 6.07) is 14.1. The Balaban J connectivity index is 2.03. The minimum absolute atomic E-state index is 0.0808. The number of rotatable bonds is 11. The van der Waals surface area contributed by atoms with Gasteiger partial charge in [-0.15, -0.1) is 0 Å². The van der Waals surface area contributed by atoms with Gasteiger partial charge in [-0.05, 0) is 42.0 Å². The van der Waals surface area contributed by atoms with Gasteiger partial charge in [0.1, 0.15) is 18.4 Å². The number of hydrogen-bond donors (Lipinski definition) is 3. The number of hydrogen-bond acceptors (Lipinski definition) is 5. The van der Waals surface area contributed by atoms with Crippen LogP contribution in [0.5, 0.6) is 5.75 Å². The predicted octanol–water partition coefficient (Wildman–Crippen LogP) is 3.72. The molecule has 0 saturated heterocycles. The quantitative estimate of drug-likeness (QED) is 0.404. The number of alkyl carbamates (subject to hydrolysis) is 1. The first-order chi connectivity index (χ1) is 15.3. The van der Waals surface area contributed by atoms with Crippen LogP contribution in [0, 0.1) is 5.92 Å². The van der Waals surface area contributed by atoms with Gasteiger partial charge >= 0.3 is 6.09 Å². The number of amides is 2. The van der Waals surface area contributed by atoms with Gasteiger partial charge in [0.15, 0.2) is 5.78 Å². The van der Waals surface area contributed by atoms with Crippen LogP contribution in [0.4, 0.5) is 4.79 Å². The number of halogens is 1. The van der Waals surface area contributed by atoms with E-state index in [9.17, 15) is 19.5 Å². The number of benzene rings is 2. The lowest BCUT2D eigenvalue weighted by Gasteiger charge is -2.23. The lowest BCUT2D eigenvalue weighted by atomic mass is 10.00. The van der Waals surface area contributed by atoms with Crippen LogP contribution in [0.25, 0.3) is 0 Å². The molecule has 0 aliphatic heterocycles. The maximum absolute atomic E-state index is 13.0. The van der Waals surface area contributed by atoms with Crippen molar-refractivity contribution in [3.8, 4) is 5.75 Å². The first kappa shape index (κ1) is 25.4. The number of Topliss-reactive ketones (excluding diaryl/α,β-unsaturated/α-hetero) is 1. The summed E-state index contributed by atoms with van der Waals surface area (Å²) < 4.78 is 5.24. The van der Waals surface area contributed by atoms with Crippen LogP contribution in [-0.2, 0) is 27.4 Å². The number of nitrogens with one attached hydrogen (secondary N) is 2. The number of carbonyl (C=O) groups is 3. The molecule has 0 fully saturated rings. The molecule has 0 aliphatic carbocycles. The van der Waals surface area contributed by atoms with Crippen molar-refractivity contribution in [1.82, 2.24) is 10.6 Å². The SMILES string of the molecule is CC(C)C[C@H](NC(=O)OCc1ccccc1)C(=O)N[C@@H](Cc1ccc(O)cc1)C(=O)CBr. The number of phenolic OH excluding ortho intramolecular Hbond substituents is 1. The number of alkyl halides is 1. The normalized spacial score (nSPS) is 12.6. The van der Waals surface area contributed by atoms with Crippen molar-refractivity contribution in [2.75, 3.05) is 5.33 Å². The fourth-order valence-electron chi connectivity index (χ4n) is 3.09. The fraction of sp³-hybridized carbons (Fsp3) is 0.375. The summed E-state index contributed by atoms with van der Waals surface area (Å²) in [5.74, 6) is -0.395. The summed E-state index contributed by atoms with van der Waals surface area (Å²) in [5, 5.41) is 14.9. The molecule has 0 aliphatic rings. The molecule has 7 nitrogen and oxygen atoms in total. The minimum Gasteiger partial charge on any atom is -0.508 e. The van der Waals surface area contributed by atoms with Crippen LogP contribution in [0.3, 0.4) is 0 Å². The van der Waals surface area contributed by atoms with E-state index < -0.39 is 24.1 Å². The molecule has 8 heteroatoms. The van der Waals surface area contributed by atoms with Crippen molar-refractivity contribution in [2.45, 2.75) is 45.4 Å². The monoisotopic (exact) mass is 504 g/mol. The van der Waals surface area contributed by atoms with E-state index >= 15 is 0 Å². The Morgan fingerprint density at radius 3 is 2.19 bits per heavy atom. The van der Waals surface area contributed by atoms with E-state index in [2.05, 4.69) is 26.6 Å². The first-order valence-electron chi connectivity index (χ1n) is 10.4. The summed E-state index contributed by atoms with van der Waals surface area (Å²) >= 11 is 3.16. The molecule has 2 rings (SSSR count). The number of aromatic hydroxyl groups is 1. The highest BCUT2D eigenvalue weighted by Crippen LogP contribution is 2.13. The van der Waals surface area contributed by atoms with Crippen LogP contribution in [0.1, 0.15) is 31.4 Å². The van der Waals surface area contributed by atoms with E-state index in [1.165, 1.54) is 12.1 Å². The molecule has 0 heterocycles. The Hall–Kier alpha value is -2.87. The van der Waals surface area contributed by atoms with Gasteiger partial charge in [0.25, 0.3) is 0 Å². The lowest BCUT2D eigenvalue weighted by molar-refractivity contribution is -0.128. The molecule has 2 amide bonds. The van der Waals surface area contributed by atoms with Gasteiger partial charge in [-0.25, -0.2) is 4.79 Å². The van der Waals surface area contributed by atoms with Gasteiger partial charge < -0.3 is 20.5 Å². The van der Waals surface area contributed by atoms with Crippen molar-refractivity contribution in [3.05, 3.63) is 65.7 Å². The Morgan fingerprint density at radius 2 is 1.59 bits per heavy atom. The van der Waals surface area contributed by atoms with Crippen LogP contribution < -0.4 is 10.6 Å². The second-order valence-electron chi connectivity index (χ2n) is 7.92. The number of ether oxygens (including phenoxy) is 1. The molecule has 172 valence electrons. The summed E-state index contributed by atoms with van der Waals surface area (Å²) in [6.45, 7) is 3.97. The molecule has 32 heavy (non-hydrogen) atoms. The molecule has 0 saturated carbocycles. The maximum Gasteiger partial charge on any atom is 0.408 e. The molecular formula is C24H29BrN2O5. The van der Waals surface area contributed by atoms with Crippen LogP contribution >= 0.6 is 15.9 Å². The van der Waals surface area contributed by atoms with Gasteiger partial charge in [0.05, 0.1) is 11.4 Å². The van der Waals surface area contributed by atoms with Gasteiger partial charge in [0.2, 0.25) is 5.91 Å². The van der Waals surface area contributed by atoms with E-state index in [1.807, 2.05) is 44.2 Å². The second kappa shape index (κ2) is 12.9. The standard InChI is InChI=1S/C24H29BrN2O5/c1-16(2)12-21(27-24(31)32-15-18-6-4-3-5-7-18)23(30)26-20(22(29)14-25)13-17-8-10-19(28)11-9-17/h3-11,16,20-21,28H,12-15H2,1-2H3,(H,26,30)(H,27,31)/t20-,21-/m0/s1. The number of ketones is 1. The van der Waals surface area contributed by atoms with E-state index in [4.69, 9.17) is 4.74 Å². The third kappa shape index (κ3) is 8.70. The highest BCUT2D eigenvalue weighted by atomic mass is 79.9. The molecule has 2 atom stereocenters. The Bertz CT molecular complexity index is 887. The van der Waals surface area contributed by atoms with Crippen molar-refractivity contribution in [3.63, 3.8) is 0 Å². The maximum atomic E-state index is 13.0. The third-order valence-corrected chi connectivity index (χ3v) is 5.29. The zero-order valence-electron chi connectivity index (χ0n) is 18.2. The number of phenols is 1. The molecule has 0 bridgehead atoms. The lowest BCUT2D eigenvalue weighted by Crippen LogP contribution is -2.53. The smallest absolute Gasteiger partial charge is 0.408 e. The van der Waals surface area contributed by atoms with Gasteiger partial charge in [-0.2, -0.15) is 0 Å². The highest BCUT2D eigenvalue weighted by molar-refractivity contribution is 9.09. The summed E-state index contributed by atoms with van der Waals surface area (Å²) in [7, 11) is 0. The Morgan fingerprint density at radius 1 is 0.938 bits per heavy atom. The molecule has 0 radical (unpaired) electrons. The minimum atomic E-state index is -0.844. The largest absolute Gasteiger partial charge is 0.508 e. The average Bonchev–Trinajstić information content (AvgIpc) is 2.78. The average molecular weight is 505 g/mol. The molecule has 0 aromatic heterocycles. The summed E-state index contributed by atoms with van der Waals surface area (Å²) in [4.78, 5) is 37.7. The van der Waals surface area contributed by atoms with Crippen LogP contribution in [-0.4, -0.2) is 40.3 Å². The molecule has 0 spiro atoms. The van der Waals surface area contributed by atoms with Gasteiger partial charge in [-0.1, -0.05) is 72.2 Å². The van der Waals surface area contributed by atoms with Crippen molar-refractivity contribution in [2.24, 2.45) is 5.92 Å². The third-order valence-electron chi connectivity index (χ3n) is 4.74. The number of carbonyl (C=O) groups excluding carboxylic acids is 3. The summed E-state index contributed by atoms with van der Waals surface area (Å²) in [6.07, 6.45) is -0.0409. The first-order valence-corrected chi connectivity index (χ1v) is 11.5. The van der Waals surface area contributed by atoms with Crippen LogP contribution in [0.15, 0.2) is 54.6 Å². The Kier molecular flexibility index (Phi) is 10.2. The fourth-order valence-corrected chi connectivity index (χ4v) is 3.48. The molecule has 2 aromatic carbocycles. The molecule has 0 unspecified atom stereocenters.